The Morgan fingerprint density at radius 2 is 2.31 bits per heavy atom. The van der Waals surface area contributed by atoms with E-state index in [1.807, 2.05) is 23.1 Å². The zero-order valence-electron chi connectivity index (χ0n) is 10.1. The van der Waals surface area contributed by atoms with E-state index in [1.54, 1.807) is 0 Å². The monoisotopic (exact) mass is 223 g/mol. The minimum atomic E-state index is -0.119. The Morgan fingerprint density at radius 3 is 2.94 bits per heavy atom. The summed E-state index contributed by atoms with van der Waals surface area (Å²) in [7, 11) is 0. The fourth-order valence-electron chi connectivity index (χ4n) is 2.32. The molecule has 4 nitrogen and oxygen atoms in total. The van der Waals surface area contributed by atoms with Crippen molar-refractivity contribution in [1.82, 2.24) is 14.7 Å². The molecule has 0 saturated carbocycles. The van der Waals surface area contributed by atoms with Crippen molar-refractivity contribution in [2.45, 2.75) is 38.3 Å². The lowest BCUT2D eigenvalue weighted by Gasteiger charge is -2.42. The molecule has 1 aromatic heterocycles. The van der Waals surface area contributed by atoms with Crippen LogP contribution in [-0.2, 0) is 0 Å². The second-order valence-electron chi connectivity index (χ2n) is 5.20. The first-order valence-electron chi connectivity index (χ1n) is 5.98. The van der Waals surface area contributed by atoms with E-state index in [0.29, 0.717) is 6.04 Å². The zero-order valence-corrected chi connectivity index (χ0v) is 10.1. The third-order valence-electron chi connectivity index (χ3n) is 3.54. The summed E-state index contributed by atoms with van der Waals surface area (Å²) in [6.45, 7) is 6.45. The van der Waals surface area contributed by atoms with Crippen LogP contribution in [-0.4, -0.2) is 45.0 Å². The Bertz CT molecular complexity index is 321. The fraction of sp³-hybridized carbons (Fsp3) is 0.750. The predicted octanol–water partition coefficient (Wildman–Crippen LogP) is 1.29. The van der Waals surface area contributed by atoms with Crippen LogP contribution in [0.15, 0.2) is 18.5 Å². The van der Waals surface area contributed by atoms with Gasteiger partial charge in [-0.05, 0) is 39.3 Å². The quantitative estimate of drug-likeness (QED) is 0.839. The third-order valence-corrected chi connectivity index (χ3v) is 3.54. The minimum Gasteiger partial charge on any atom is -0.394 e. The summed E-state index contributed by atoms with van der Waals surface area (Å²) in [5, 5.41) is 13.7. The molecule has 0 amide bonds. The van der Waals surface area contributed by atoms with Gasteiger partial charge in [0, 0.05) is 24.5 Å². The number of likely N-dealkylation sites (tertiary alicyclic amines) is 1. The highest BCUT2D eigenvalue weighted by atomic mass is 16.3. The molecule has 16 heavy (non-hydrogen) atoms. The Labute approximate surface area is 96.9 Å². The molecule has 1 atom stereocenters. The highest BCUT2D eigenvalue weighted by molar-refractivity contribution is 4.89. The van der Waals surface area contributed by atoms with Crippen molar-refractivity contribution >= 4 is 0 Å². The molecule has 1 unspecified atom stereocenters. The minimum absolute atomic E-state index is 0.119. The number of aliphatic hydroxyl groups is 1. The van der Waals surface area contributed by atoms with Gasteiger partial charge in [0.1, 0.15) is 0 Å². The summed E-state index contributed by atoms with van der Waals surface area (Å²) >= 11 is 0. The van der Waals surface area contributed by atoms with Crippen LogP contribution < -0.4 is 0 Å². The molecule has 90 valence electrons. The van der Waals surface area contributed by atoms with E-state index in [4.69, 9.17) is 0 Å². The van der Waals surface area contributed by atoms with E-state index in [0.717, 1.165) is 13.1 Å². The van der Waals surface area contributed by atoms with Gasteiger partial charge >= 0.3 is 0 Å². The number of nitrogens with zero attached hydrogens (tertiary/aromatic N) is 3. The highest BCUT2D eigenvalue weighted by Gasteiger charge is 2.31. The number of aliphatic hydroxyl groups excluding tert-OH is 1. The van der Waals surface area contributed by atoms with E-state index >= 15 is 0 Å². The molecule has 1 fully saturated rings. The molecule has 1 aliphatic heterocycles. The standard InChI is InChI=1S/C12H21N3O/c1-12(2,10-16)14-7-3-5-11(9-14)15-8-4-6-13-15/h4,6,8,11,16H,3,5,7,9-10H2,1-2H3. The maximum atomic E-state index is 9.40. The highest BCUT2D eigenvalue weighted by Crippen LogP contribution is 2.26. The molecule has 1 aliphatic rings. The van der Waals surface area contributed by atoms with Crippen molar-refractivity contribution < 1.29 is 5.11 Å². The first-order valence-corrected chi connectivity index (χ1v) is 5.98. The predicted molar refractivity (Wildman–Crippen MR) is 63.2 cm³/mol. The van der Waals surface area contributed by atoms with Crippen molar-refractivity contribution in [3.05, 3.63) is 18.5 Å². The van der Waals surface area contributed by atoms with Crippen molar-refractivity contribution in [2.75, 3.05) is 19.7 Å². The van der Waals surface area contributed by atoms with Gasteiger partial charge in [0.25, 0.3) is 0 Å². The van der Waals surface area contributed by atoms with Crippen LogP contribution in [0.5, 0.6) is 0 Å². The van der Waals surface area contributed by atoms with E-state index < -0.39 is 0 Å². The Hall–Kier alpha value is -0.870. The van der Waals surface area contributed by atoms with Gasteiger partial charge in [-0.25, -0.2) is 0 Å². The molecule has 0 bridgehead atoms. The largest absolute Gasteiger partial charge is 0.394 e. The van der Waals surface area contributed by atoms with Gasteiger partial charge < -0.3 is 5.11 Å². The summed E-state index contributed by atoms with van der Waals surface area (Å²) in [5.74, 6) is 0. The van der Waals surface area contributed by atoms with Gasteiger partial charge in [0.15, 0.2) is 0 Å². The molecule has 1 N–H and O–H groups in total. The lowest BCUT2D eigenvalue weighted by Crippen LogP contribution is -2.51. The Morgan fingerprint density at radius 1 is 1.50 bits per heavy atom. The second kappa shape index (κ2) is 4.55. The van der Waals surface area contributed by atoms with Crippen molar-refractivity contribution in [2.24, 2.45) is 0 Å². The fourth-order valence-corrected chi connectivity index (χ4v) is 2.32. The Balaban J connectivity index is 2.05. The van der Waals surface area contributed by atoms with Gasteiger partial charge in [0.2, 0.25) is 0 Å². The van der Waals surface area contributed by atoms with Crippen LogP contribution in [0.3, 0.4) is 0 Å². The maximum absolute atomic E-state index is 9.40. The van der Waals surface area contributed by atoms with Crippen molar-refractivity contribution in [1.29, 1.82) is 0 Å². The molecule has 0 aromatic carbocycles. The summed E-state index contributed by atoms with van der Waals surface area (Å²) in [6.07, 6.45) is 6.21. The first kappa shape index (κ1) is 11.6. The number of piperidine rings is 1. The average Bonchev–Trinajstić information content (AvgIpc) is 2.83. The SMILES string of the molecule is CC(C)(CO)N1CCCC(n2cccn2)C1. The molecule has 1 saturated heterocycles. The van der Waals surface area contributed by atoms with Gasteiger partial charge in [-0.3, -0.25) is 9.58 Å². The lowest BCUT2D eigenvalue weighted by molar-refractivity contribution is 0.0243. The van der Waals surface area contributed by atoms with Gasteiger partial charge in [-0.1, -0.05) is 0 Å². The number of rotatable bonds is 3. The van der Waals surface area contributed by atoms with Gasteiger partial charge in [-0.15, -0.1) is 0 Å². The van der Waals surface area contributed by atoms with Crippen LogP contribution in [0.2, 0.25) is 0 Å². The number of hydrogen-bond acceptors (Lipinski definition) is 3. The summed E-state index contributed by atoms with van der Waals surface area (Å²) in [4.78, 5) is 2.36. The van der Waals surface area contributed by atoms with Crippen LogP contribution in [0.4, 0.5) is 0 Å². The zero-order chi connectivity index (χ0) is 11.6. The molecule has 0 spiro atoms. The molecule has 0 radical (unpaired) electrons. The average molecular weight is 223 g/mol. The molecule has 2 heterocycles. The van der Waals surface area contributed by atoms with Crippen molar-refractivity contribution in [3.8, 4) is 0 Å². The topological polar surface area (TPSA) is 41.3 Å². The molecular formula is C12H21N3O. The molecule has 4 heteroatoms. The Kier molecular flexibility index (Phi) is 3.30. The van der Waals surface area contributed by atoms with Crippen LogP contribution in [0, 0.1) is 0 Å². The lowest BCUT2D eigenvalue weighted by atomic mass is 9.97. The van der Waals surface area contributed by atoms with E-state index in [9.17, 15) is 5.11 Å². The van der Waals surface area contributed by atoms with Crippen LogP contribution in [0.25, 0.3) is 0 Å². The second-order valence-corrected chi connectivity index (χ2v) is 5.20. The summed E-state index contributed by atoms with van der Waals surface area (Å²) in [5.41, 5.74) is -0.119. The third kappa shape index (κ3) is 2.28. The van der Waals surface area contributed by atoms with Crippen molar-refractivity contribution in [3.63, 3.8) is 0 Å². The molecule has 0 aliphatic carbocycles. The van der Waals surface area contributed by atoms with Crippen LogP contribution >= 0.6 is 0 Å². The van der Waals surface area contributed by atoms with Gasteiger partial charge in [0.05, 0.1) is 12.6 Å². The molecule has 1 aromatic rings. The van der Waals surface area contributed by atoms with E-state index in [2.05, 4.69) is 23.8 Å². The smallest absolute Gasteiger partial charge is 0.0646 e. The summed E-state index contributed by atoms with van der Waals surface area (Å²) < 4.78 is 2.04. The summed E-state index contributed by atoms with van der Waals surface area (Å²) in [6, 6.07) is 2.42. The maximum Gasteiger partial charge on any atom is 0.0646 e. The van der Waals surface area contributed by atoms with Gasteiger partial charge in [-0.2, -0.15) is 5.10 Å². The van der Waals surface area contributed by atoms with Crippen LogP contribution in [0.1, 0.15) is 32.7 Å². The molecule has 2 rings (SSSR count). The van der Waals surface area contributed by atoms with E-state index in [1.165, 1.54) is 12.8 Å². The number of hydrogen-bond donors (Lipinski definition) is 1. The van der Waals surface area contributed by atoms with E-state index in [-0.39, 0.29) is 12.1 Å². The normalized spacial score (nSPS) is 23.6. The molecular weight excluding hydrogens is 202 g/mol. The first-order chi connectivity index (χ1) is 7.63. The number of aromatic nitrogens is 2.